The van der Waals surface area contributed by atoms with Gasteiger partial charge in [0.05, 0.1) is 12.4 Å². The highest BCUT2D eigenvalue weighted by Crippen LogP contribution is 2.15. The van der Waals surface area contributed by atoms with Gasteiger partial charge in [0.2, 0.25) is 10.0 Å². The second-order valence-corrected chi connectivity index (χ2v) is 6.00. The number of hydrogen-bond donors (Lipinski definition) is 2. The standard InChI is InChI=1S/C9H15N3O4S2/c1-2-16-8(13)7-6-17-9(12-7)11-4-3-5-18(10,14)15/h6H,2-5H2,1H3,(H,11,12)(H2,10,14,15). The Balaban J connectivity index is 2.38. The molecule has 0 amide bonds. The van der Waals surface area contributed by atoms with Gasteiger partial charge in [-0.2, -0.15) is 0 Å². The molecule has 0 bridgehead atoms. The molecule has 0 aliphatic carbocycles. The molecule has 0 aliphatic heterocycles. The highest BCUT2D eigenvalue weighted by Gasteiger charge is 2.11. The van der Waals surface area contributed by atoms with Crippen LogP contribution >= 0.6 is 11.3 Å². The number of nitrogens with one attached hydrogen (secondary N) is 1. The minimum Gasteiger partial charge on any atom is -0.461 e. The molecular formula is C9H15N3O4S2. The Morgan fingerprint density at radius 3 is 2.94 bits per heavy atom. The third kappa shape index (κ3) is 5.43. The van der Waals surface area contributed by atoms with Gasteiger partial charge in [-0.1, -0.05) is 0 Å². The average Bonchev–Trinajstić information content (AvgIpc) is 2.72. The smallest absolute Gasteiger partial charge is 0.357 e. The Morgan fingerprint density at radius 2 is 2.33 bits per heavy atom. The van der Waals surface area contributed by atoms with Gasteiger partial charge in [0.1, 0.15) is 0 Å². The van der Waals surface area contributed by atoms with Crippen LogP contribution in [0.4, 0.5) is 5.13 Å². The fourth-order valence-corrected chi connectivity index (χ4v) is 2.38. The fraction of sp³-hybridized carbons (Fsp3) is 0.556. The third-order valence-corrected chi connectivity index (χ3v) is 3.53. The predicted octanol–water partition coefficient (Wildman–Crippen LogP) is 0.410. The Kier molecular flexibility index (Phi) is 5.51. The van der Waals surface area contributed by atoms with Gasteiger partial charge >= 0.3 is 5.97 Å². The zero-order chi connectivity index (χ0) is 13.6. The number of aromatic nitrogens is 1. The molecule has 1 aromatic rings. The van der Waals surface area contributed by atoms with Crippen LogP contribution in [-0.2, 0) is 14.8 Å². The van der Waals surface area contributed by atoms with Crippen LogP contribution < -0.4 is 10.5 Å². The topological polar surface area (TPSA) is 111 Å². The van der Waals surface area contributed by atoms with E-state index >= 15 is 0 Å². The van der Waals surface area contributed by atoms with Crippen molar-refractivity contribution in [3.05, 3.63) is 11.1 Å². The summed E-state index contributed by atoms with van der Waals surface area (Å²) in [5, 5.41) is 9.91. The molecule has 0 spiro atoms. The van der Waals surface area contributed by atoms with Gasteiger partial charge < -0.3 is 10.1 Å². The summed E-state index contributed by atoms with van der Waals surface area (Å²) in [5.74, 6) is -0.554. The number of esters is 1. The van der Waals surface area contributed by atoms with Crippen molar-refractivity contribution in [2.24, 2.45) is 5.14 Å². The number of rotatable bonds is 7. The van der Waals surface area contributed by atoms with Crippen LogP contribution in [0.15, 0.2) is 5.38 Å². The Hall–Kier alpha value is -1.19. The van der Waals surface area contributed by atoms with Crippen LogP contribution in [0.2, 0.25) is 0 Å². The van der Waals surface area contributed by atoms with Crippen molar-refractivity contribution in [3.63, 3.8) is 0 Å². The van der Waals surface area contributed by atoms with E-state index in [9.17, 15) is 13.2 Å². The Bertz CT molecular complexity index is 498. The second-order valence-electron chi connectivity index (χ2n) is 3.41. The summed E-state index contributed by atoms with van der Waals surface area (Å²) >= 11 is 1.26. The number of ether oxygens (including phenoxy) is 1. The van der Waals surface area contributed by atoms with Crippen LogP contribution in [0.1, 0.15) is 23.8 Å². The third-order valence-electron chi connectivity index (χ3n) is 1.87. The van der Waals surface area contributed by atoms with E-state index in [1.54, 1.807) is 12.3 Å². The molecule has 1 heterocycles. The molecule has 18 heavy (non-hydrogen) atoms. The quantitative estimate of drug-likeness (QED) is 0.556. The maximum atomic E-state index is 11.3. The molecule has 1 aromatic heterocycles. The van der Waals surface area contributed by atoms with Gasteiger partial charge in [-0.25, -0.2) is 23.3 Å². The van der Waals surface area contributed by atoms with E-state index in [0.29, 0.717) is 24.7 Å². The molecule has 0 radical (unpaired) electrons. The number of nitrogens with two attached hydrogens (primary N) is 1. The highest BCUT2D eigenvalue weighted by atomic mass is 32.2. The summed E-state index contributed by atoms with van der Waals surface area (Å²) in [6.45, 7) is 2.44. The molecule has 1 rings (SSSR count). The molecular weight excluding hydrogens is 278 g/mol. The highest BCUT2D eigenvalue weighted by molar-refractivity contribution is 7.89. The lowest BCUT2D eigenvalue weighted by atomic mass is 10.5. The largest absolute Gasteiger partial charge is 0.461 e. The lowest BCUT2D eigenvalue weighted by Gasteiger charge is -2.01. The van der Waals surface area contributed by atoms with Gasteiger partial charge in [-0.15, -0.1) is 11.3 Å². The molecule has 0 fully saturated rings. The Labute approximate surface area is 109 Å². The molecule has 7 nitrogen and oxygen atoms in total. The molecule has 0 atom stereocenters. The number of hydrogen-bond acceptors (Lipinski definition) is 7. The first kappa shape index (κ1) is 14.9. The maximum Gasteiger partial charge on any atom is 0.357 e. The zero-order valence-corrected chi connectivity index (χ0v) is 11.5. The first-order valence-electron chi connectivity index (χ1n) is 5.29. The number of sulfonamides is 1. The van der Waals surface area contributed by atoms with Crippen LogP contribution in [0.5, 0.6) is 0 Å². The molecule has 0 unspecified atom stereocenters. The lowest BCUT2D eigenvalue weighted by Crippen LogP contribution is -2.18. The van der Waals surface area contributed by atoms with Crippen molar-refractivity contribution in [1.82, 2.24) is 4.98 Å². The van der Waals surface area contributed by atoms with E-state index in [4.69, 9.17) is 9.88 Å². The molecule has 0 aliphatic rings. The van der Waals surface area contributed by atoms with Crippen molar-refractivity contribution in [3.8, 4) is 0 Å². The maximum absolute atomic E-state index is 11.3. The van der Waals surface area contributed by atoms with E-state index in [1.165, 1.54) is 11.3 Å². The fourth-order valence-electron chi connectivity index (χ4n) is 1.12. The predicted molar refractivity (Wildman–Crippen MR) is 69.2 cm³/mol. The van der Waals surface area contributed by atoms with E-state index in [0.717, 1.165) is 0 Å². The molecule has 0 saturated carbocycles. The van der Waals surface area contributed by atoms with Crippen molar-refractivity contribution in [2.45, 2.75) is 13.3 Å². The van der Waals surface area contributed by atoms with Crippen LogP contribution in [0.25, 0.3) is 0 Å². The van der Waals surface area contributed by atoms with E-state index < -0.39 is 16.0 Å². The molecule has 0 saturated heterocycles. The van der Waals surface area contributed by atoms with Crippen LogP contribution in [-0.4, -0.2) is 38.3 Å². The van der Waals surface area contributed by atoms with Crippen molar-refractivity contribution in [2.75, 3.05) is 24.2 Å². The van der Waals surface area contributed by atoms with Gasteiger partial charge in [0.25, 0.3) is 0 Å². The summed E-state index contributed by atoms with van der Waals surface area (Å²) < 4.78 is 26.2. The average molecular weight is 293 g/mol. The van der Waals surface area contributed by atoms with Gasteiger partial charge in [0, 0.05) is 11.9 Å². The van der Waals surface area contributed by atoms with Crippen LogP contribution in [0, 0.1) is 0 Å². The molecule has 9 heteroatoms. The molecule has 0 aromatic carbocycles. The number of primary sulfonamides is 1. The SMILES string of the molecule is CCOC(=O)c1csc(NCCCS(N)(=O)=O)n1. The summed E-state index contributed by atoms with van der Waals surface area (Å²) in [5.41, 5.74) is 0.246. The summed E-state index contributed by atoms with van der Waals surface area (Å²) in [6, 6.07) is 0. The van der Waals surface area contributed by atoms with E-state index in [-0.39, 0.29) is 11.4 Å². The first-order chi connectivity index (χ1) is 8.42. The molecule has 102 valence electrons. The number of thiazole rings is 1. The van der Waals surface area contributed by atoms with Crippen molar-refractivity contribution < 1.29 is 17.9 Å². The number of nitrogens with zero attached hydrogens (tertiary/aromatic N) is 1. The summed E-state index contributed by atoms with van der Waals surface area (Å²) in [7, 11) is -3.43. The zero-order valence-electron chi connectivity index (χ0n) is 9.88. The van der Waals surface area contributed by atoms with Gasteiger partial charge in [-0.05, 0) is 13.3 Å². The van der Waals surface area contributed by atoms with Gasteiger partial charge in [-0.3, -0.25) is 0 Å². The molecule has 3 N–H and O–H groups in total. The number of anilines is 1. The van der Waals surface area contributed by atoms with Crippen molar-refractivity contribution in [1.29, 1.82) is 0 Å². The lowest BCUT2D eigenvalue weighted by molar-refractivity contribution is 0.0520. The summed E-state index contributed by atoms with van der Waals surface area (Å²) in [4.78, 5) is 15.3. The minimum absolute atomic E-state index is 0.0872. The van der Waals surface area contributed by atoms with E-state index in [2.05, 4.69) is 10.3 Å². The Morgan fingerprint density at radius 1 is 1.61 bits per heavy atom. The van der Waals surface area contributed by atoms with Crippen LogP contribution in [0.3, 0.4) is 0 Å². The second kappa shape index (κ2) is 6.66. The van der Waals surface area contributed by atoms with Gasteiger partial charge in [0.15, 0.2) is 10.8 Å². The van der Waals surface area contributed by atoms with Crippen molar-refractivity contribution >= 4 is 32.5 Å². The van der Waals surface area contributed by atoms with E-state index in [1.807, 2.05) is 0 Å². The monoisotopic (exact) mass is 293 g/mol. The number of carbonyl (C=O) groups is 1. The summed E-state index contributed by atoms with van der Waals surface area (Å²) in [6.07, 6.45) is 0.382. The minimum atomic E-state index is -3.43. The number of carbonyl (C=O) groups excluding carboxylic acids is 1. The first-order valence-corrected chi connectivity index (χ1v) is 7.89. The normalized spacial score (nSPS) is 11.2.